The number of nitrogens with zero attached hydrogens (tertiary/aromatic N) is 2. The molecule has 4 aromatic carbocycles. The van der Waals surface area contributed by atoms with Crippen molar-refractivity contribution in [3.05, 3.63) is 113 Å². The number of para-hydroxylation sites is 1. The largest absolute Gasteiger partial charge is 0.455 e. The Morgan fingerprint density at radius 1 is 0.956 bits per heavy atom. The summed E-state index contributed by atoms with van der Waals surface area (Å²) in [6.07, 6.45) is 1.96. The summed E-state index contributed by atoms with van der Waals surface area (Å²) in [4.78, 5) is 4.71. The molecular weight excluding hydrogens is 565 g/mol. The van der Waals surface area contributed by atoms with Gasteiger partial charge in [-0.1, -0.05) is 106 Å². The highest BCUT2D eigenvalue weighted by Gasteiger charge is 2.36. The quantitative estimate of drug-likeness (QED) is 0.177. The van der Waals surface area contributed by atoms with Crippen molar-refractivity contribution in [1.29, 1.82) is 5.26 Å². The predicted octanol–water partition coefficient (Wildman–Crippen LogP) is 11.7. The van der Waals surface area contributed by atoms with Gasteiger partial charge in [-0.3, -0.25) is 4.98 Å². The zero-order valence-electron chi connectivity index (χ0n) is 31.2. The van der Waals surface area contributed by atoms with Crippen LogP contribution in [0.5, 0.6) is 0 Å². The highest BCUT2D eigenvalue weighted by molar-refractivity contribution is 6.79. The molecule has 1 unspecified atom stereocenters. The number of aromatic nitrogens is 1. The summed E-state index contributed by atoms with van der Waals surface area (Å²) >= 11 is 0. The number of hydrogen-bond acceptors (Lipinski definition) is 3. The SMILES string of the molecule is [2H]C([2H])([2H])c1cnc(-c2cccc3c2oc2c(-c4ccccc4)c(C#N)ccc23)cc1-c1ccc(C([2H])([2H])C2CCC[Si]2(C)C)cc1C(C)C. The third-order valence-corrected chi connectivity index (χ3v) is 13.6. The second-order valence-electron chi connectivity index (χ2n) is 13.3. The van der Waals surface area contributed by atoms with E-state index in [1.54, 1.807) is 0 Å². The first-order valence-corrected chi connectivity index (χ1v) is 19.1. The van der Waals surface area contributed by atoms with Gasteiger partial charge in [0, 0.05) is 34.9 Å². The number of nitriles is 1. The van der Waals surface area contributed by atoms with Gasteiger partial charge < -0.3 is 4.42 Å². The van der Waals surface area contributed by atoms with Gasteiger partial charge in [-0.25, -0.2) is 0 Å². The van der Waals surface area contributed by atoms with E-state index in [0.717, 1.165) is 51.9 Å². The molecule has 45 heavy (non-hydrogen) atoms. The summed E-state index contributed by atoms with van der Waals surface area (Å²) in [5.74, 6) is 0.0141. The van der Waals surface area contributed by atoms with Crippen LogP contribution in [0.3, 0.4) is 0 Å². The van der Waals surface area contributed by atoms with Gasteiger partial charge in [0.25, 0.3) is 0 Å². The van der Waals surface area contributed by atoms with E-state index in [0.29, 0.717) is 39.1 Å². The maximum Gasteiger partial charge on any atom is 0.144 e. The predicted molar refractivity (Wildman–Crippen MR) is 190 cm³/mol. The number of hydrogen-bond donors (Lipinski definition) is 0. The minimum atomic E-state index is -2.43. The molecule has 1 aliphatic rings. The van der Waals surface area contributed by atoms with Gasteiger partial charge in [0.2, 0.25) is 0 Å². The average molecular weight is 610 g/mol. The summed E-state index contributed by atoms with van der Waals surface area (Å²) in [5.41, 5.74) is 7.66. The van der Waals surface area contributed by atoms with Crippen LogP contribution in [0.2, 0.25) is 24.7 Å². The molecule has 1 atom stereocenters. The van der Waals surface area contributed by atoms with Crippen LogP contribution in [0.25, 0.3) is 55.4 Å². The van der Waals surface area contributed by atoms with E-state index >= 15 is 0 Å². The minimum absolute atomic E-state index is 0.0141. The van der Waals surface area contributed by atoms with Crippen molar-refractivity contribution in [3.63, 3.8) is 0 Å². The fourth-order valence-corrected chi connectivity index (χ4v) is 10.1. The molecular formula is C41H40N2OSi. The van der Waals surface area contributed by atoms with E-state index < -0.39 is 21.3 Å². The topological polar surface area (TPSA) is 49.8 Å². The first-order valence-electron chi connectivity index (χ1n) is 18.3. The summed E-state index contributed by atoms with van der Waals surface area (Å²) in [5, 5.41) is 11.8. The summed E-state index contributed by atoms with van der Waals surface area (Å²) < 4.78 is 50.6. The van der Waals surface area contributed by atoms with E-state index in [2.05, 4.69) is 33.0 Å². The minimum Gasteiger partial charge on any atom is -0.455 e. The van der Waals surface area contributed by atoms with Crippen molar-refractivity contribution in [2.45, 2.75) is 70.5 Å². The van der Waals surface area contributed by atoms with Gasteiger partial charge in [-0.2, -0.15) is 5.26 Å². The van der Waals surface area contributed by atoms with Gasteiger partial charge in [-0.15, -0.1) is 0 Å². The highest BCUT2D eigenvalue weighted by atomic mass is 28.3. The van der Waals surface area contributed by atoms with Crippen molar-refractivity contribution >= 4 is 30.0 Å². The molecule has 0 radical (unpaired) electrons. The Morgan fingerprint density at radius 3 is 2.51 bits per heavy atom. The molecule has 0 N–H and O–H groups in total. The lowest BCUT2D eigenvalue weighted by Gasteiger charge is -2.26. The van der Waals surface area contributed by atoms with Crippen molar-refractivity contribution < 1.29 is 11.3 Å². The monoisotopic (exact) mass is 609 g/mol. The lowest BCUT2D eigenvalue weighted by atomic mass is 9.88. The third kappa shape index (κ3) is 5.20. The van der Waals surface area contributed by atoms with E-state index in [-0.39, 0.29) is 17.0 Å². The van der Waals surface area contributed by atoms with E-state index in [1.807, 2.05) is 84.9 Å². The lowest BCUT2D eigenvalue weighted by molar-refractivity contribution is 0.670. The molecule has 4 heteroatoms. The Kier molecular flexibility index (Phi) is 6.08. The third-order valence-electron chi connectivity index (χ3n) is 9.59. The summed E-state index contributed by atoms with van der Waals surface area (Å²) in [7, 11) is -1.73. The van der Waals surface area contributed by atoms with Crippen molar-refractivity contribution in [2.75, 3.05) is 0 Å². The highest BCUT2D eigenvalue weighted by Crippen LogP contribution is 2.44. The molecule has 0 bridgehead atoms. The molecule has 6 aromatic rings. The second kappa shape index (κ2) is 11.5. The Bertz CT molecular complexity index is 2300. The standard InChI is InChI=1S/C41H40N2OSi/c1-26(2)36-22-28(21-31-13-10-20-45(31,4)5)16-18-32(36)37-23-38(43-25-27(37)3)35-15-9-14-33-34-19-17-30(24-42)39(41(34)44-40(33)35)29-11-7-6-8-12-29/h6-9,11-12,14-19,22-23,25-26,31H,10,13,20-21H2,1-5H3/i3D3,21D2. The molecule has 1 aliphatic heterocycles. The van der Waals surface area contributed by atoms with Gasteiger partial charge in [0.15, 0.2) is 0 Å². The Balaban J connectivity index is 1.42. The first kappa shape index (κ1) is 23.9. The normalized spacial score (nSPS) is 18.3. The van der Waals surface area contributed by atoms with Crippen LogP contribution in [0.15, 0.2) is 95.5 Å². The maximum atomic E-state index is 10.0. The molecule has 2 aromatic heterocycles. The second-order valence-corrected chi connectivity index (χ2v) is 18.5. The smallest absolute Gasteiger partial charge is 0.144 e. The van der Waals surface area contributed by atoms with Gasteiger partial charge >= 0.3 is 0 Å². The lowest BCUT2D eigenvalue weighted by Crippen LogP contribution is -2.27. The Labute approximate surface area is 274 Å². The van der Waals surface area contributed by atoms with Gasteiger partial charge in [0.05, 0.1) is 25.4 Å². The van der Waals surface area contributed by atoms with E-state index in [1.165, 1.54) is 6.20 Å². The van der Waals surface area contributed by atoms with E-state index in [4.69, 9.17) is 13.5 Å². The number of pyridine rings is 1. The van der Waals surface area contributed by atoms with Crippen LogP contribution >= 0.6 is 0 Å². The molecule has 0 saturated carbocycles. The van der Waals surface area contributed by atoms with Gasteiger partial charge in [-0.05, 0) is 82.3 Å². The van der Waals surface area contributed by atoms with Gasteiger partial charge in [0.1, 0.15) is 11.2 Å². The molecule has 3 nitrogen and oxygen atoms in total. The van der Waals surface area contributed by atoms with Crippen LogP contribution < -0.4 is 0 Å². The Morgan fingerprint density at radius 2 is 1.78 bits per heavy atom. The molecule has 0 amide bonds. The average Bonchev–Trinajstić information content (AvgIpc) is 3.66. The molecule has 7 rings (SSSR count). The van der Waals surface area contributed by atoms with Crippen LogP contribution in [-0.4, -0.2) is 13.1 Å². The molecule has 1 fully saturated rings. The van der Waals surface area contributed by atoms with E-state index in [9.17, 15) is 8.00 Å². The number of benzene rings is 4. The van der Waals surface area contributed by atoms with Crippen molar-refractivity contribution in [3.8, 4) is 39.6 Å². The first-order chi connectivity index (χ1) is 23.7. The van der Waals surface area contributed by atoms with Crippen LogP contribution in [0.4, 0.5) is 0 Å². The maximum absolute atomic E-state index is 10.0. The van der Waals surface area contributed by atoms with Crippen molar-refractivity contribution in [2.24, 2.45) is 0 Å². The number of aryl methyl sites for hydroxylation is 1. The number of furan rings is 1. The van der Waals surface area contributed by atoms with Crippen LogP contribution in [0.1, 0.15) is 61.7 Å². The van der Waals surface area contributed by atoms with Crippen LogP contribution in [0, 0.1) is 18.2 Å². The molecule has 1 saturated heterocycles. The number of rotatable bonds is 6. The zero-order chi connectivity index (χ0) is 35.6. The zero-order valence-corrected chi connectivity index (χ0v) is 27.2. The fourth-order valence-electron chi connectivity index (χ4n) is 7.04. The molecule has 0 aliphatic carbocycles. The molecule has 224 valence electrons. The summed E-state index contributed by atoms with van der Waals surface area (Å²) in [6, 6.07) is 30.4. The molecule has 3 heterocycles. The fraction of sp³-hybridized carbons (Fsp3) is 0.268. The molecule has 0 spiro atoms. The number of fused-ring (bicyclic) bond motifs is 3. The van der Waals surface area contributed by atoms with Crippen LogP contribution in [-0.2, 0) is 6.37 Å². The Hall–Kier alpha value is -4.46. The van der Waals surface area contributed by atoms with Crippen molar-refractivity contribution in [1.82, 2.24) is 4.98 Å². The summed E-state index contributed by atoms with van der Waals surface area (Å²) in [6.45, 7) is 6.31.